The molecule has 1 aromatic heterocycles. The van der Waals surface area contributed by atoms with E-state index in [0.29, 0.717) is 28.3 Å². The van der Waals surface area contributed by atoms with E-state index in [1.54, 1.807) is 36.4 Å². The Morgan fingerprint density at radius 2 is 2.00 bits per heavy atom. The van der Waals surface area contributed by atoms with Crippen molar-refractivity contribution in [2.45, 2.75) is 0 Å². The molecule has 0 saturated heterocycles. The van der Waals surface area contributed by atoms with Crippen molar-refractivity contribution >= 4 is 22.7 Å². The minimum atomic E-state index is -0.229. The standard InChI is InChI=1S/C15H10N2O4/c18-15(9-1-4-12-14(5-9)21-8-20-12)17-10-2-3-11-13(6-10)19-7-16-11/h1-7H,8H2,(H,17,18). The second-order valence-electron chi connectivity index (χ2n) is 4.56. The highest BCUT2D eigenvalue weighted by atomic mass is 16.7. The summed E-state index contributed by atoms with van der Waals surface area (Å²) >= 11 is 0. The summed E-state index contributed by atoms with van der Waals surface area (Å²) < 4.78 is 15.7. The number of oxazole rings is 1. The molecule has 0 saturated carbocycles. The van der Waals surface area contributed by atoms with Crippen LogP contribution < -0.4 is 14.8 Å². The first-order valence-electron chi connectivity index (χ1n) is 6.34. The van der Waals surface area contributed by atoms with Gasteiger partial charge in [0, 0.05) is 17.3 Å². The number of nitrogens with one attached hydrogen (secondary N) is 1. The van der Waals surface area contributed by atoms with Crippen molar-refractivity contribution in [1.29, 1.82) is 0 Å². The number of amides is 1. The average Bonchev–Trinajstić information content (AvgIpc) is 3.14. The van der Waals surface area contributed by atoms with Crippen LogP contribution in [0.2, 0.25) is 0 Å². The number of anilines is 1. The molecule has 1 aliphatic heterocycles. The third-order valence-corrected chi connectivity index (χ3v) is 3.22. The number of nitrogens with zero attached hydrogens (tertiary/aromatic N) is 1. The molecule has 2 heterocycles. The molecule has 6 nitrogen and oxygen atoms in total. The highest BCUT2D eigenvalue weighted by Gasteiger charge is 2.16. The molecule has 0 aliphatic carbocycles. The molecule has 21 heavy (non-hydrogen) atoms. The van der Waals surface area contributed by atoms with E-state index in [1.165, 1.54) is 6.39 Å². The van der Waals surface area contributed by atoms with Gasteiger partial charge in [0.2, 0.25) is 6.79 Å². The molecule has 0 fully saturated rings. The highest BCUT2D eigenvalue weighted by Crippen LogP contribution is 2.32. The molecular weight excluding hydrogens is 272 g/mol. The summed E-state index contributed by atoms with van der Waals surface area (Å²) in [5.74, 6) is 0.995. The molecule has 1 amide bonds. The van der Waals surface area contributed by atoms with Crippen LogP contribution in [0, 0.1) is 0 Å². The molecule has 1 N–H and O–H groups in total. The first-order valence-corrected chi connectivity index (χ1v) is 6.34. The molecule has 4 rings (SSSR count). The van der Waals surface area contributed by atoms with Gasteiger partial charge in [0.15, 0.2) is 23.5 Å². The molecule has 0 spiro atoms. The van der Waals surface area contributed by atoms with Crippen molar-refractivity contribution in [2.24, 2.45) is 0 Å². The van der Waals surface area contributed by atoms with E-state index >= 15 is 0 Å². The molecular formula is C15H10N2O4. The number of rotatable bonds is 2. The highest BCUT2D eigenvalue weighted by molar-refractivity contribution is 6.05. The number of aromatic nitrogens is 1. The smallest absolute Gasteiger partial charge is 0.255 e. The Morgan fingerprint density at radius 1 is 1.10 bits per heavy atom. The second kappa shape index (κ2) is 4.52. The third-order valence-electron chi connectivity index (χ3n) is 3.22. The van der Waals surface area contributed by atoms with Crippen LogP contribution in [0.1, 0.15) is 10.4 Å². The fraction of sp³-hybridized carbons (Fsp3) is 0.0667. The summed E-state index contributed by atoms with van der Waals surface area (Å²) in [6.45, 7) is 0.183. The summed E-state index contributed by atoms with van der Waals surface area (Å²) in [6, 6.07) is 10.4. The molecule has 2 aromatic carbocycles. The number of ether oxygens (including phenoxy) is 2. The van der Waals surface area contributed by atoms with Gasteiger partial charge in [0.1, 0.15) is 5.52 Å². The quantitative estimate of drug-likeness (QED) is 0.782. The van der Waals surface area contributed by atoms with E-state index in [-0.39, 0.29) is 12.7 Å². The zero-order valence-electron chi connectivity index (χ0n) is 10.8. The lowest BCUT2D eigenvalue weighted by molar-refractivity contribution is 0.102. The Morgan fingerprint density at radius 3 is 2.95 bits per heavy atom. The van der Waals surface area contributed by atoms with Crippen LogP contribution in [0.15, 0.2) is 47.2 Å². The second-order valence-corrected chi connectivity index (χ2v) is 4.56. The van der Waals surface area contributed by atoms with Crippen molar-refractivity contribution in [3.63, 3.8) is 0 Å². The van der Waals surface area contributed by atoms with Crippen molar-refractivity contribution in [2.75, 3.05) is 12.1 Å². The largest absolute Gasteiger partial charge is 0.454 e. The Kier molecular flexibility index (Phi) is 2.53. The van der Waals surface area contributed by atoms with Crippen LogP contribution in [0.25, 0.3) is 11.1 Å². The van der Waals surface area contributed by atoms with Crippen LogP contribution in [0.3, 0.4) is 0 Å². The maximum atomic E-state index is 12.2. The van der Waals surface area contributed by atoms with E-state index in [0.717, 1.165) is 5.52 Å². The lowest BCUT2D eigenvalue weighted by Gasteiger charge is -2.05. The van der Waals surface area contributed by atoms with Gasteiger partial charge in [0.05, 0.1) is 0 Å². The maximum Gasteiger partial charge on any atom is 0.255 e. The number of hydrogen-bond acceptors (Lipinski definition) is 5. The minimum Gasteiger partial charge on any atom is -0.454 e. The molecule has 104 valence electrons. The lowest BCUT2D eigenvalue weighted by atomic mass is 10.2. The predicted octanol–water partition coefficient (Wildman–Crippen LogP) is 2.81. The molecule has 0 bridgehead atoms. The van der Waals surface area contributed by atoms with Gasteiger partial charge < -0.3 is 19.2 Å². The topological polar surface area (TPSA) is 73.6 Å². The molecule has 3 aromatic rings. The fourth-order valence-corrected chi connectivity index (χ4v) is 2.17. The Hall–Kier alpha value is -3.02. The zero-order chi connectivity index (χ0) is 14.2. The fourth-order valence-electron chi connectivity index (χ4n) is 2.17. The van der Waals surface area contributed by atoms with Crippen molar-refractivity contribution in [3.8, 4) is 11.5 Å². The third kappa shape index (κ3) is 2.06. The van der Waals surface area contributed by atoms with Crippen molar-refractivity contribution in [1.82, 2.24) is 4.98 Å². The normalized spacial score (nSPS) is 12.6. The van der Waals surface area contributed by atoms with Gasteiger partial charge in [-0.15, -0.1) is 0 Å². The van der Waals surface area contributed by atoms with E-state index in [9.17, 15) is 4.79 Å². The van der Waals surface area contributed by atoms with E-state index in [4.69, 9.17) is 13.9 Å². The van der Waals surface area contributed by atoms with Gasteiger partial charge >= 0.3 is 0 Å². The molecule has 6 heteroatoms. The number of carbonyl (C=O) groups is 1. The first kappa shape index (κ1) is 11.8. The van der Waals surface area contributed by atoms with Gasteiger partial charge in [-0.1, -0.05) is 0 Å². The van der Waals surface area contributed by atoms with Gasteiger partial charge in [0.25, 0.3) is 5.91 Å². The van der Waals surface area contributed by atoms with E-state index in [1.807, 2.05) is 0 Å². The average molecular weight is 282 g/mol. The van der Waals surface area contributed by atoms with Crippen LogP contribution in [-0.4, -0.2) is 17.7 Å². The molecule has 0 radical (unpaired) electrons. The molecule has 0 unspecified atom stereocenters. The SMILES string of the molecule is O=C(Nc1ccc2ncoc2c1)c1ccc2c(c1)OCO2. The monoisotopic (exact) mass is 282 g/mol. The Balaban J connectivity index is 1.59. The van der Waals surface area contributed by atoms with E-state index < -0.39 is 0 Å². The number of benzene rings is 2. The van der Waals surface area contributed by atoms with Crippen LogP contribution >= 0.6 is 0 Å². The molecule has 0 atom stereocenters. The number of carbonyl (C=O) groups excluding carboxylic acids is 1. The zero-order valence-corrected chi connectivity index (χ0v) is 10.8. The van der Waals surface area contributed by atoms with E-state index in [2.05, 4.69) is 10.3 Å². The maximum absolute atomic E-state index is 12.2. The van der Waals surface area contributed by atoms with Crippen LogP contribution in [-0.2, 0) is 0 Å². The summed E-state index contributed by atoms with van der Waals surface area (Å²) in [5, 5.41) is 2.81. The van der Waals surface area contributed by atoms with Gasteiger partial charge in [-0.3, -0.25) is 4.79 Å². The van der Waals surface area contributed by atoms with Gasteiger partial charge in [-0.2, -0.15) is 0 Å². The lowest BCUT2D eigenvalue weighted by Crippen LogP contribution is -2.11. The van der Waals surface area contributed by atoms with Crippen molar-refractivity contribution in [3.05, 3.63) is 48.4 Å². The summed E-state index contributed by atoms with van der Waals surface area (Å²) in [5.41, 5.74) is 2.51. The van der Waals surface area contributed by atoms with Gasteiger partial charge in [-0.25, -0.2) is 4.98 Å². The Bertz CT molecular complexity index is 841. The summed E-state index contributed by atoms with van der Waals surface area (Å²) in [7, 11) is 0. The summed E-state index contributed by atoms with van der Waals surface area (Å²) in [4.78, 5) is 16.3. The number of hydrogen-bond donors (Lipinski definition) is 1. The van der Waals surface area contributed by atoms with Gasteiger partial charge in [-0.05, 0) is 30.3 Å². The Labute approximate surface area is 119 Å². The molecule has 1 aliphatic rings. The predicted molar refractivity (Wildman–Crippen MR) is 74.5 cm³/mol. The summed E-state index contributed by atoms with van der Waals surface area (Å²) in [6.07, 6.45) is 1.37. The van der Waals surface area contributed by atoms with Crippen LogP contribution in [0.4, 0.5) is 5.69 Å². The number of fused-ring (bicyclic) bond motifs is 2. The first-order chi connectivity index (χ1) is 10.3. The van der Waals surface area contributed by atoms with Crippen LogP contribution in [0.5, 0.6) is 11.5 Å². The minimum absolute atomic E-state index is 0.183. The van der Waals surface area contributed by atoms with Crippen molar-refractivity contribution < 1.29 is 18.7 Å².